The Morgan fingerprint density at radius 1 is 0.844 bits per heavy atom. The molecule has 0 saturated carbocycles. The van der Waals surface area contributed by atoms with Crippen LogP contribution in [0, 0.1) is 14.3 Å². The summed E-state index contributed by atoms with van der Waals surface area (Å²) in [4.78, 5) is 63.5. The molecule has 1 aliphatic heterocycles. The summed E-state index contributed by atoms with van der Waals surface area (Å²) >= 11 is 8.32. The Morgan fingerprint density at radius 3 is 1.93 bits per heavy atom. The van der Waals surface area contributed by atoms with Crippen LogP contribution in [0.25, 0.3) is 0 Å². The highest BCUT2D eigenvalue weighted by molar-refractivity contribution is 14.1. The highest BCUT2D eigenvalue weighted by atomic mass is 127. The number of amides is 3. The van der Waals surface area contributed by atoms with E-state index in [1.54, 1.807) is 12.1 Å². The zero-order chi connectivity index (χ0) is 33.3. The minimum atomic E-state index is -1.04. The van der Waals surface area contributed by atoms with Crippen LogP contribution >= 0.6 is 90.4 Å². The van der Waals surface area contributed by atoms with Gasteiger partial charge in [0.25, 0.3) is 0 Å². The van der Waals surface area contributed by atoms with E-state index in [0.717, 1.165) is 12.7 Å². The van der Waals surface area contributed by atoms with E-state index in [9.17, 15) is 29.1 Å². The molecule has 0 bridgehead atoms. The summed E-state index contributed by atoms with van der Waals surface area (Å²) in [5.41, 5.74) is 0.749. The van der Waals surface area contributed by atoms with Crippen molar-refractivity contribution in [3.05, 3.63) is 44.1 Å². The molecule has 0 spiro atoms. The summed E-state index contributed by atoms with van der Waals surface area (Å²) in [5, 5.41) is 21.4. The topological polar surface area (TPSA) is 172 Å². The summed E-state index contributed by atoms with van der Waals surface area (Å²) in [6, 6.07) is 6.13. The van der Waals surface area contributed by atoms with Gasteiger partial charge in [-0.15, -0.1) is 0 Å². The van der Waals surface area contributed by atoms with Gasteiger partial charge in [-0.2, -0.15) is 0 Å². The number of benzene rings is 2. The average molecular weight is 1080 g/mol. The first kappa shape index (κ1) is 37.7. The van der Waals surface area contributed by atoms with E-state index in [2.05, 4.69) is 50.5 Å². The Morgan fingerprint density at radius 2 is 1.40 bits per heavy atom. The molecule has 3 rings (SSSR count). The third-order valence-corrected chi connectivity index (χ3v) is 9.77. The lowest BCUT2D eigenvalue weighted by Crippen LogP contribution is -2.51. The number of methoxy groups -OCH3 is 1. The fraction of sp³-hybridized carbons (Fsp3) is 0.393. The van der Waals surface area contributed by atoms with Crippen molar-refractivity contribution >= 4 is 120 Å². The summed E-state index contributed by atoms with van der Waals surface area (Å²) in [6.07, 6.45) is -0.202. The molecule has 3 amide bonds. The van der Waals surface area contributed by atoms with Gasteiger partial charge in [0.05, 0.1) is 27.8 Å². The molecule has 0 radical (unpaired) electrons. The van der Waals surface area contributed by atoms with Crippen molar-refractivity contribution < 1.29 is 48.4 Å². The maximum Gasteiger partial charge on any atom is 0.328 e. The number of hydrogen-bond acceptors (Lipinski definition) is 9. The van der Waals surface area contributed by atoms with E-state index in [1.165, 1.54) is 16.9 Å². The number of carbonyl (C=O) groups excluding carboxylic acids is 4. The fourth-order valence-electron chi connectivity index (χ4n) is 4.25. The molecule has 244 valence electrons. The second-order valence-corrected chi connectivity index (χ2v) is 14.4. The lowest BCUT2D eigenvalue weighted by molar-refractivity contribution is -0.147. The molecular formula is C28H29I4N3O10. The van der Waals surface area contributed by atoms with Gasteiger partial charge in [-0.3, -0.25) is 19.2 Å². The van der Waals surface area contributed by atoms with Gasteiger partial charge in [0.15, 0.2) is 5.75 Å². The van der Waals surface area contributed by atoms with Crippen LogP contribution in [-0.2, 0) is 39.9 Å². The van der Waals surface area contributed by atoms with E-state index in [0.29, 0.717) is 18.6 Å². The summed E-state index contributed by atoms with van der Waals surface area (Å²) in [7, 11) is 1.22. The molecule has 1 heterocycles. The Labute approximate surface area is 313 Å². The molecule has 1 fully saturated rings. The number of hydrogen-bond donors (Lipinski definition) is 3. The van der Waals surface area contributed by atoms with Crippen LogP contribution in [0.15, 0.2) is 24.3 Å². The zero-order valence-electron chi connectivity index (χ0n) is 23.8. The van der Waals surface area contributed by atoms with Gasteiger partial charge in [-0.25, -0.2) is 4.79 Å². The standard InChI is InChI=1S/C28H29I4N3O10/c1-43-28(42)21(10-15-8-19(31)27(20(32)9-15)45-16-11-17(29)26(41)18(30)12-16)33-22(36)13-44-14-24(38)35-6-4-34(5-7-35)23(37)2-3-25(39)40/h8-9,11-12,21,41H,2-7,10,13-14H2,1H3,(H,33,36)(H,39,40). The minimum absolute atomic E-state index is 0.0910. The number of nitrogens with one attached hydrogen (secondary N) is 1. The molecule has 0 aromatic heterocycles. The quantitative estimate of drug-likeness (QED) is 0.200. The average Bonchev–Trinajstić information content (AvgIpc) is 2.99. The number of piperazine rings is 1. The Kier molecular flexibility index (Phi) is 15.1. The smallest absolute Gasteiger partial charge is 0.328 e. The van der Waals surface area contributed by atoms with Gasteiger partial charge < -0.3 is 39.5 Å². The van der Waals surface area contributed by atoms with E-state index in [-0.39, 0.29) is 69.6 Å². The second-order valence-electron chi connectivity index (χ2n) is 9.72. The number of carboxylic acid groups (broad SMARTS) is 1. The maximum atomic E-state index is 12.6. The van der Waals surface area contributed by atoms with Gasteiger partial charge in [-0.1, -0.05) is 0 Å². The van der Waals surface area contributed by atoms with Gasteiger partial charge >= 0.3 is 11.9 Å². The minimum Gasteiger partial charge on any atom is -0.506 e. The van der Waals surface area contributed by atoms with Gasteiger partial charge in [-0.05, 0) is 120 Å². The monoisotopic (exact) mass is 1070 g/mol. The van der Waals surface area contributed by atoms with Crippen molar-refractivity contribution in [1.82, 2.24) is 15.1 Å². The van der Waals surface area contributed by atoms with E-state index in [4.69, 9.17) is 19.3 Å². The van der Waals surface area contributed by atoms with Crippen LogP contribution in [-0.4, -0.2) is 102 Å². The van der Waals surface area contributed by atoms with Gasteiger partial charge in [0, 0.05) is 39.0 Å². The number of phenolic OH excluding ortho intramolecular Hbond substituents is 1. The molecule has 1 unspecified atom stereocenters. The second kappa shape index (κ2) is 18.0. The first-order valence-electron chi connectivity index (χ1n) is 13.3. The molecule has 2 aromatic carbocycles. The van der Waals surface area contributed by atoms with Crippen LogP contribution in [0.3, 0.4) is 0 Å². The van der Waals surface area contributed by atoms with Gasteiger partial charge in [0.2, 0.25) is 17.7 Å². The highest BCUT2D eigenvalue weighted by Crippen LogP contribution is 2.37. The number of carboxylic acids is 1. The number of phenols is 1. The summed E-state index contributed by atoms with van der Waals surface area (Å²) < 4.78 is 19.2. The van der Waals surface area contributed by atoms with Crippen molar-refractivity contribution in [2.24, 2.45) is 0 Å². The maximum absolute atomic E-state index is 12.6. The predicted molar refractivity (Wildman–Crippen MR) is 194 cm³/mol. The number of carbonyl (C=O) groups is 5. The highest BCUT2D eigenvalue weighted by Gasteiger charge is 2.26. The molecule has 3 N–H and O–H groups in total. The third-order valence-electron chi connectivity index (χ3n) is 6.53. The number of ether oxygens (including phenoxy) is 3. The molecule has 1 aliphatic rings. The molecule has 0 aliphatic carbocycles. The predicted octanol–water partition coefficient (Wildman–Crippen LogP) is 3.36. The lowest BCUT2D eigenvalue weighted by Gasteiger charge is -2.34. The SMILES string of the molecule is COC(=O)C(Cc1cc(I)c(Oc2cc(I)c(O)c(I)c2)c(I)c1)NC(=O)COCC(=O)N1CCN(C(=O)CCC(=O)O)CC1. The summed E-state index contributed by atoms with van der Waals surface area (Å²) in [6.45, 7) is 0.288. The van der Waals surface area contributed by atoms with Crippen molar-refractivity contribution in [2.75, 3.05) is 46.5 Å². The van der Waals surface area contributed by atoms with Crippen molar-refractivity contribution in [1.29, 1.82) is 0 Å². The molecule has 2 aromatic rings. The molecule has 17 heteroatoms. The molecular weight excluding hydrogens is 1050 g/mol. The van der Waals surface area contributed by atoms with Crippen molar-refractivity contribution in [3.63, 3.8) is 0 Å². The Hall–Kier alpha value is -1.73. The Bertz CT molecular complexity index is 1400. The fourth-order valence-corrected chi connectivity index (χ4v) is 8.08. The normalized spacial score (nSPS) is 13.6. The van der Waals surface area contributed by atoms with E-state index < -0.39 is 30.5 Å². The van der Waals surface area contributed by atoms with Crippen LogP contribution in [0.5, 0.6) is 17.2 Å². The molecule has 45 heavy (non-hydrogen) atoms. The van der Waals surface area contributed by atoms with E-state index in [1.807, 2.05) is 57.3 Å². The van der Waals surface area contributed by atoms with E-state index >= 15 is 0 Å². The number of aromatic hydroxyl groups is 1. The number of aliphatic carboxylic acids is 1. The number of esters is 1. The largest absolute Gasteiger partial charge is 0.506 e. The van der Waals surface area contributed by atoms with Gasteiger partial charge in [0.1, 0.15) is 30.8 Å². The first-order valence-corrected chi connectivity index (χ1v) is 17.7. The van der Waals surface area contributed by atoms with Crippen molar-refractivity contribution in [3.8, 4) is 17.2 Å². The first-order chi connectivity index (χ1) is 21.3. The molecule has 13 nitrogen and oxygen atoms in total. The Balaban J connectivity index is 1.52. The lowest BCUT2D eigenvalue weighted by atomic mass is 10.1. The van der Waals surface area contributed by atoms with Crippen molar-refractivity contribution in [2.45, 2.75) is 25.3 Å². The summed E-state index contributed by atoms with van der Waals surface area (Å²) in [5.74, 6) is -1.55. The van der Waals surface area contributed by atoms with Crippen LogP contribution in [0.2, 0.25) is 0 Å². The number of halogens is 4. The zero-order valence-corrected chi connectivity index (χ0v) is 32.4. The third kappa shape index (κ3) is 11.5. The number of nitrogens with zero attached hydrogens (tertiary/aromatic N) is 2. The number of rotatable bonds is 13. The molecule has 1 atom stereocenters. The van der Waals surface area contributed by atoms with Crippen LogP contribution in [0.4, 0.5) is 0 Å². The molecule has 1 saturated heterocycles. The van der Waals surface area contributed by atoms with Crippen LogP contribution in [0.1, 0.15) is 18.4 Å². The van der Waals surface area contributed by atoms with Crippen LogP contribution < -0.4 is 10.1 Å².